The Kier molecular flexibility index (Phi) is 4.36. The van der Waals surface area contributed by atoms with Crippen molar-refractivity contribution < 1.29 is 9.90 Å². The predicted octanol–water partition coefficient (Wildman–Crippen LogP) is 2.69. The normalized spacial score (nSPS) is 22.2. The molecule has 0 aromatic carbocycles. The second-order valence-electron chi connectivity index (χ2n) is 3.21. The molecule has 1 fully saturated rings. The number of hydrogen-bond donors (Lipinski definition) is 1. The van der Waals surface area contributed by atoms with E-state index in [9.17, 15) is 4.79 Å². The van der Waals surface area contributed by atoms with Crippen LogP contribution in [0.15, 0.2) is 11.1 Å². The average molecular weight is 200 g/mol. The number of rotatable bonds is 2. The SMILES string of the molecule is CC/C(C(=O)O)=C1\CCCSCC1. The van der Waals surface area contributed by atoms with Crippen molar-refractivity contribution in [1.29, 1.82) is 0 Å². The molecule has 0 atom stereocenters. The number of thioether (sulfide) groups is 1. The number of carboxylic acid groups (broad SMARTS) is 1. The molecule has 0 aromatic heterocycles. The van der Waals surface area contributed by atoms with E-state index in [1.54, 1.807) is 0 Å². The maximum atomic E-state index is 10.9. The lowest BCUT2D eigenvalue weighted by atomic mass is 9.99. The molecular weight excluding hydrogens is 184 g/mol. The Morgan fingerprint density at radius 1 is 1.46 bits per heavy atom. The third kappa shape index (κ3) is 3.07. The van der Waals surface area contributed by atoms with Crippen LogP contribution in [0.5, 0.6) is 0 Å². The second kappa shape index (κ2) is 5.32. The summed E-state index contributed by atoms with van der Waals surface area (Å²) in [5, 5.41) is 8.95. The zero-order valence-electron chi connectivity index (χ0n) is 8.01. The highest BCUT2D eigenvalue weighted by atomic mass is 32.2. The van der Waals surface area contributed by atoms with Crippen LogP contribution in [0.1, 0.15) is 32.6 Å². The topological polar surface area (TPSA) is 37.3 Å². The molecule has 2 nitrogen and oxygen atoms in total. The highest BCUT2D eigenvalue weighted by Crippen LogP contribution is 2.25. The molecule has 13 heavy (non-hydrogen) atoms. The quantitative estimate of drug-likeness (QED) is 0.696. The van der Waals surface area contributed by atoms with Crippen molar-refractivity contribution in [3.8, 4) is 0 Å². The first-order valence-corrected chi connectivity index (χ1v) is 5.93. The summed E-state index contributed by atoms with van der Waals surface area (Å²) < 4.78 is 0. The zero-order valence-corrected chi connectivity index (χ0v) is 8.82. The number of hydrogen-bond acceptors (Lipinski definition) is 2. The van der Waals surface area contributed by atoms with E-state index < -0.39 is 5.97 Å². The lowest BCUT2D eigenvalue weighted by Crippen LogP contribution is -2.04. The molecule has 0 aliphatic carbocycles. The Morgan fingerprint density at radius 2 is 2.23 bits per heavy atom. The van der Waals surface area contributed by atoms with Gasteiger partial charge in [0.2, 0.25) is 0 Å². The van der Waals surface area contributed by atoms with Gasteiger partial charge in [0.1, 0.15) is 0 Å². The largest absolute Gasteiger partial charge is 0.478 e. The summed E-state index contributed by atoms with van der Waals surface area (Å²) in [6.45, 7) is 1.93. The van der Waals surface area contributed by atoms with Crippen LogP contribution in [0.4, 0.5) is 0 Å². The Morgan fingerprint density at radius 3 is 2.85 bits per heavy atom. The highest BCUT2D eigenvalue weighted by Gasteiger charge is 2.13. The second-order valence-corrected chi connectivity index (χ2v) is 4.43. The molecule has 0 radical (unpaired) electrons. The molecule has 0 saturated carbocycles. The molecule has 0 aromatic rings. The third-order valence-electron chi connectivity index (χ3n) is 2.35. The molecule has 0 unspecified atom stereocenters. The summed E-state index contributed by atoms with van der Waals surface area (Å²) in [5.74, 6) is 1.55. The van der Waals surface area contributed by atoms with E-state index in [1.165, 1.54) is 11.3 Å². The van der Waals surface area contributed by atoms with Crippen LogP contribution >= 0.6 is 11.8 Å². The number of aliphatic carboxylic acids is 1. The summed E-state index contributed by atoms with van der Waals surface area (Å²) in [6, 6.07) is 0. The number of carboxylic acids is 1. The van der Waals surface area contributed by atoms with E-state index in [1.807, 2.05) is 18.7 Å². The van der Waals surface area contributed by atoms with Crippen molar-refractivity contribution in [2.75, 3.05) is 11.5 Å². The minimum atomic E-state index is -0.718. The van der Waals surface area contributed by atoms with Crippen LogP contribution in [0, 0.1) is 0 Å². The first kappa shape index (κ1) is 10.6. The van der Waals surface area contributed by atoms with Gasteiger partial charge in [-0.2, -0.15) is 11.8 Å². The van der Waals surface area contributed by atoms with E-state index in [0.717, 1.165) is 25.0 Å². The van der Waals surface area contributed by atoms with Gasteiger partial charge in [0.15, 0.2) is 0 Å². The molecule has 3 heteroatoms. The molecule has 1 rings (SSSR count). The van der Waals surface area contributed by atoms with Gasteiger partial charge in [-0.15, -0.1) is 0 Å². The molecule has 0 amide bonds. The van der Waals surface area contributed by atoms with Gasteiger partial charge in [-0.25, -0.2) is 4.79 Å². The Balaban J connectivity index is 2.77. The summed E-state index contributed by atoms with van der Waals surface area (Å²) in [6.07, 6.45) is 3.76. The molecule has 0 spiro atoms. The van der Waals surface area contributed by atoms with E-state index in [0.29, 0.717) is 12.0 Å². The van der Waals surface area contributed by atoms with Crippen molar-refractivity contribution in [3.63, 3.8) is 0 Å². The zero-order chi connectivity index (χ0) is 9.68. The van der Waals surface area contributed by atoms with Crippen molar-refractivity contribution in [2.45, 2.75) is 32.6 Å². The maximum Gasteiger partial charge on any atom is 0.331 e. The Bertz CT molecular complexity index is 211. The smallest absolute Gasteiger partial charge is 0.331 e. The summed E-state index contributed by atoms with van der Waals surface area (Å²) in [7, 11) is 0. The van der Waals surface area contributed by atoms with Gasteiger partial charge in [0, 0.05) is 5.57 Å². The summed E-state index contributed by atoms with van der Waals surface area (Å²) >= 11 is 1.93. The van der Waals surface area contributed by atoms with Gasteiger partial charge in [-0.3, -0.25) is 0 Å². The minimum absolute atomic E-state index is 0.655. The van der Waals surface area contributed by atoms with Crippen LogP contribution in [-0.2, 0) is 4.79 Å². The standard InChI is InChI=1S/C10H16O2S/c1-2-9(10(11)12)8-4-3-6-13-7-5-8/h2-7H2,1H3,(H,11,12)/b9-8-. The van der Waals surface area contributed by atoms with Crippen LogP contribution < -0.4 is 0 Å². The molecule has 1 aliphatic rings. The first-order valence-electron chi connectivity index (χ1n) is 4.77. The fourth-order valence-electron chi connectivity index (χ4n) is 1.66. The van der Waals surface area contributed by atoms with E-state index in [4.69, 9.17) is 5.11 Å². The minimum Gasteiger partial charge on any atom is -0.478 e. The molecule has 74 valence electrons. The monoisotopic (exact) mass is 200 g/mol. The maximum absolute atomic E-state index is 10.9. The van der Waals surface area contributed by atoms with Gasteiger partial charge in [0.05, 0.1) is 0 Å². The lowest BCUT2D eigenvalue weighted by Gasteiger charge is -2.07. The van der Waals surface area contributed by atoms with E-state index >= 15 is 0 Å². The molecule has 1 saturated heterocycles. The fraction of sp³-hybridized carbons (Fsp3) is 0.700. The van der Waals surface area contributed by atoms with Crippen molar-refractivity contribution in [3.05, 3.63) is 11.1 Å². The van der Waals surface area contributed by atoms with Crippen LogP contribution in [0.2, 0.25) is 0 Å². The van der Waals surface area contributed by atoms with Gasteiger partial charge in [-0.1, -0.05) is 12.5 Å². The molecule has 1 aliphatic heterocycles. The summed E-state index contributed by atoms with van der Waals surface area (Å²) in [5.41, 5.74) is 1.84. The van der Waals surface area contributed by atoms with Gasteiger partial charge in [0.25, 0.3) is 0 Å². The molecule has 1 heterocycles. The van der Waals surface area contributed by atoms with E-state index in [2.05, 4.69) is 0 Å². The van der Waals surface area contributed by atoms with Crippen LogP contribution in [0.25, 0.3) is 0 Å². The van der Waals surface area contributed by atoms with Crippen molar-refractivity contribution in [1.82, 2.24) is 0 Å². The van der Waals surface area contributed by atoms with Crippen LogP contribution in [0.3, 0.4) is 0 Å². The first-order chi connectivity index (χ1) is 6.25. The lowest BCUT2D eigenvalue weighted by molar-refractivity contribution is -0.132. The highest BCUT2D eigenvalue weighted by molar-refractivity contribution is 7.99. The molecule has 0 bridgehead atoms. The number of allylic oxidation sites excluding steroid dienone is 1. The fourth-order valence-corrected chi connectivity index (χ4v) is 2.61. The molecule has 1 N–H and O–H groups in total. The Labute approximate surface area is 83.4 Å². The predicted molar refractivity (Wildman–Crippen MR) is 56.1 cm³/mol. The summed E-state index contributed by atoms with van der Waals surface area (Å²) in [4.78, 5) is 10.9. The molecular formula is C10H16O2S. The van der Waals surface area contributed by atoms with Crippen molar-refractivity contribution in [2.24, 2.45) is 0 Å². The average Bonchev–Trinajstić information content (AvgIpc) is 2.33. The van der Waals surface area contributed by atoms with Gasteiger partial charge < -0.3 is 5.11 Å². The Hall–Kier alpha value is -0.440. The third-order valence-corrected chi connectivity index (χ3v) is 3.42. The van der Waals surface area contributed by atoms with Gasteiger partial charge in [-0.05, 0) is 37.2 Å². The number of carbonyl (C=O) groups is 1. The van der Waals surface area contributed by atoms with Crippen molar-refractivity contribution >= 4 is 17.7 Å². The van der Waals surface area contributed by atoms with Crippen LogP contribution in [-0.4, -0.2) is 22.6 Å². The van der Waals surface area contributed by atoms with Gasteiger partial charge >= 0.3 is 5.97 Å². The van der Waals surface area contributed by atoms with E-state index in [-0.39, 0.29) is 0 Å².